The standard InChI is InChI=1S/C23H29NO2/c25-23(22-16-7-8-17-24-22)26-21(18-20-12-5-2-6-13-20)15-9-14-19-10-3-1-4-11-19/h1-6,10-13,21-22,24H,7-9,14-18H2/t21?,22-/m0/s1. The molecule has 0 saturated carbocycles. The van der Waals surface area contributed by atoms with E-state index in [1.165, 1.54) is 11.1 Å². The summed E-state index contributed by atoms with van der Waals surface area (Å²) in [5.41, 5.74) is 2.56. The monoisotopic (exact) mass is 351 g/mol. The SMILES string of the molecule is O=C(OC(CCCc1ccccc1)Cc1ccccc1)[C@@H]1CCCCN1. The van der Waals surface area contributed by atoms with E-state index in [9.17, 15) is 4.79 Å². The van der Waals surface area contributed by atoms with E-state index in [1.54, 1.807) is 0 Å². The van der Waals surface area contributed by atoms with Gasteiger partial charge in [-0.3, -0.25) is 4.79 Å². The van der Waals surface area contributed by atoms with Crippen LogP contribution in [-0.4, -0.2) is 24.7 Å². The minimum absolute atomic E-state index is 0.0580. The number of esters is 1. The molecule has 2 aromatic carbocycles. The first kappa shape index (κ1) is 18.7. The molecule has 1 unspecified atom stereocenters. The third kappa shape index (κ3) is 5.99. The summed E-state index contributed by atoms with van der Waals surface area (Å²) in [6, 6.07) is 20.7. The van der Waals surface area contributed by atoms with E-state index in [0.717, 1.165) is 51.5 Å². The minimum atomic E-state index is -0.129. The Morgan fingerprint density at radius 3 is 2.35 bits per heavy atom. The molecular formula is C23H29NO2. The summed E-state index contributed by atoms with van der Waals surface area (Å²) in [7, 11) is 0. The molecule has 3 heteroatoms. The molecule has 3 rings (SSSR count). The molecule has 0 aliphatic carbocycles. The number of carbonyl (C=O) groups is 1. The molecule has 1 aliphatic rings. The molecule has 3 nitrogen and oxygen atoms in total. The molecule has 0 aromatic heterocycles. The topological polar surface area (TPSA) is 38.3 Å². The van der Waals surface area contributed by atoms with Crippen LogP contribution in [0.3, 0.4) is 0 Å². The van der Waals surface area contributed by atoms with Crippen molar-refractivity contribution in [1.29, 1.82) is 0 Å². The first-order valence-electron chi connectivity index (χ1n) is 9.83. The molecule has 0 radical (unpaired) electrons. The highest BCUT2D eigenvalue weighted by Crippen LogP contribution is 2.16. The van der Waals surface area contributed by atoms with Crippen LogP contribution in [0, 0.1) is 0 Å². The molecule has 26 heavy (non-hydrogen) atoms. The summed E-state index contributed by atoms with van der Waals surface area (Å²) >= 11 is 0. The third-order valence-electron chi connectivity index (χ3n) is 5.02. The Bertz CT molecular complexity index is 650. The summed E-state index contributed by atoms with van der Waals surface area (Å²) in [6.45, 7) is 0.914. The van der Waals surface area contributed by atoms with Crippen molar-refractivity contribution in [1.82, 2.24) is 5.32 Å². The van der Waals surface area contributed by atoms with Crippen LogP contribution >= 0.6 is 0 Å². The molecule has 1 heterocycles. The van der Waals surface area contributed by atoms with Gasteiger partial charge in [-0.1, -0.05) is 67.1 Å². The third-order valence-corrected chi connectivity index (χ3v) is 5.02. The van der Waals surface area contributed by atoms with Crippen molar-refractivity contribution in [2.24, 2.45) is 0 Å². The van der Waals surface area contributed by atoms with Crippen LogP contribution in [0.5, 0.6) is 0 Å². The molecular weight excluding hydrogens is 322 g/mol. The zero-order valence-corrected chi connectivity index (χ0v) is 15.4. The predicted octanol–water partition coefficient (Wildman–Crippen LogP) is 4.31. The van der Waals surface area contributed by atoms with Gasteiger partial charge in [-0.2, -0.15) is 0 Å². The van der Waals surface area contributed by atoms with Gasteiger partial charge in [0, 0.05) is 6.42 Å². The van der Waals surface area contributed by atoms with E-state index in [4.69, 9.17) is 4.74 Å². The van der Waals surface area contributed by atoms with Crippen LogP contribution in [0.1, 0.15) is 43.2 Å². The van der Waals surface area contributed by atoms with Crippen LogP contribution in [0.15, 0.2) is 60.7 Å². The number of nitrogens with one attached hydrogen (secondary N) is 1. The number of piperidine rings is 1. The molecule has 1 saturated heterocycles. The highest BCUT2D eigenvalue weighted by Gasteiger charge is 2.25. The van der Waals surface area contributed by atoms with E-state index in [2.05, 4.69) is 41.7 Å². The molecule has 2 aromatic rings. The fourth-order valence-corrected chi connectivity index (χ4v) is 3.56. The molecule has 138 valence electrons. The maximum absolute atomic E-state index is 12.5. The van der Waals surface area contributed by atoms with Crippen LogP contribution in [0.4, 0.5) is 0 Å². The van der Waals surface area contributed by atoms with Gasteiger partial charge in [-0.15, -0.1) is 0 Å². The number of ether oxygens (including phenoxy) is 1. The van der Waals surface area contributed by atoms with Crippen molar-refractivity contribution < 1.29 is 9.53 Å². The summed E-state index contributed by atoms with van der Waals surface area (Å²) in [5.74, 6) is -0.0784. The molecule has 0 amide bonds. The summed E-state index contributed by atoms with van der Waals surface area (Å²) in [4.78, 5) is 12.5. The summed E-state index contributed by atoms with van der Waals surface area (Å²) in [5, 5.41) is 3.30. The quantitative estimate of drug-likeness (QED) is 0.721. The number of benzene rings is 2. The van der Waals surface area contributed by atoms with Gasteiger partial charge in [0.15, 0.2) is 0 Å². The number of aryl methyl sites for hydroxylation is 1. The Balaban J connectivity index is 1.56. The lowest BCUT2D eigenvalue weighted by Gasteiger charge is -2.25. The largest absolute Gasteiger partial charge is 0.461 e. The van der Waals surface area contributed by atoms with Gasteiger partial charge in [0.05, 0.1) is 0 Å². The number of hydrogen-bond donors (Lipinski definition) is 1. The van der Waals surface area contributed by atoms with Gasteiger partial charge >= 0.3 is 5.97 Å². The fourth-order valence-electron chi connectivity index (χ4n) is 3.56. The van der Waals surface area contributed by atoms with Crippen molar-refractivity contribution in [3.63, 3.8) is 0 Å². The lowest BCUT2D eigenvalue weighted by Crippen LogP contribution is -2.43. The van der Waals surface area contributed by atoms with Crippen molar-refractivity contribution in [3.05, 3.63) is 71.8 Å². The Hall–Kier alpha value is -2.13. The average molecular weight is 351 g/mol. The van der Waals surface area contributed by atoms with E-state index in [-0.39, 0.29) is 18.1 Å². The van der Waals surface area contributed by atoms with Gasteiger partial charge in [-0.25, -0.2) is 0 Å². The second-order valence-corrected chi connectivity index (χ2v) is 7.13. The maximum Gasteiger partial charge on any atom is 0.323 e. The van der Waals surface area contributed by atoms with Gasteiger partial charge in [0.25, 0.3) is 0 Å². The van der Waals surface area contributed by atoms with Crippen molar-refractivity contribution in [2.75, 3.05) is 6.54 Å². The smallest absolute Gasteiger partial charge is 0.323 e. The molecule has 2 atom stereocenters. The van der Waals surface area contributed by atoms with Crippen LogP contribution in [0.2, 0.25) is 0 Å². The van der Waals surface area contributed by atoms with Gasteiger partial charge < -0.3 is 10.1 Å². The summed E-state index contributed by atoms with van der Waals surface area (Å²) in [6.07, 6.45) is 6.80. The van der Waals surface area contributed by atoms with Crippen LogP contribution < -0.4 is 5.32 Å². The zero-order valence-electron chi connectivity index (χ0n) is 15.4. The first-order chi connectivity index (χ1) is 12.8. The Labute approximate surface area is 156 Å². The second kappa shape index (κ2) is 10.1. The minimum Gasteiger partial charge on any atom is -0.461 e. The number of carbonyl (C=O) groups excluding carboxylic acids is 1. The van der Waals surface area contributed by atoms with Crippen LogP contribution in [-0.2, 0) is 22.4 Å². The lowest BCUT2D eigenvalue weighted by molar-refractivity contribution is -0.152. The Kier molecular flexibility index (Phi) is 7.26. The molecule has 1 N–H and O–H groups in total. The maximum atomic E-state index is 12.5. The number of hydrogen-bond acceptors (Lipinski definition) is 3. The predicted molar refractivity (Wildman–Crippen MR) is 105 cm³/mol. The molecule has 1 fully saturated rings. The van der Waals surface area contributed by atoms with Gasteiger partial charge in [-0.05, 0) is 49.8 Å². The van der Waals surface area contributed by atoms with Crippen molar-refractivity contribution in [3.8, 4) is 0 Å². The van der Waals surface area contributed by atoms with E-state index in [0.29, 0.717) is 0 Å². The normalized spacial score (nSPS) is 18.2. The van der Waals surface area contributed by atoms with Crippen molar-refractivity contribution in [2.45, 2.75) is 57.1 Å². The Morgan fingerprint density at radius 2 is 1.69 bits per heavy atom. The Morgan fingerprint density at radius 1 is 1.00 bits per heavy atom. The fraction of sp³-hybridized carbons (Fsp3) is 0.435. The molecule has 0 bridgehead atoms. The van der Waals surface area contributed by atoms with Crippen molar-refractivity contribution >= 4 is 5.97 Å². The molecule has 0 spiro atoms. The lowest BCUT2D eigenvalue weighted by atomic mass is 10.0. The zero-order chi connectivity index (χ0) is 18.0. The number of rotatable bonds is 8. The van der Waals surface area contributed by atoms with E-state index < -0.39 is 0 Å². The van der Waals surface area contributed by atoms with E-state index >= 15 is 0 Å². The second-order valence-electron chi connectivity index (χ2n) is 7.13. The van der Waals surface area contributed by atoms with E-state index in [1.807, 2.05) is 24.3 Å². The van der Waals surface area contributed by atoms with Crippen LogP contribution in [0.25, 0.3) is 0 Å². The highest BCUT2D eigenvalue weighted by atomic mass is 16.5. The average Bonchev–Trinajstić information content (AvgIpc) is 2.70. The van der Waals surface area contributed by atoms with Gasteiger partial charge in [0.1, 0.15) is 12.1 Å². The first-order valence-corrected chi connectivity index (χ1v) is 9.83. The van der Waals surface area contributed by atoms with Gasteiger partial charge in [0.2, 0.25) is 0 Å². The molecule has 1 aliphatic heterocycles. The summed E-state index contributed by atoms with van der Waals surface area (Å²) < 4.78 is 5.93. The highest BCUT2D eigenvalue weighted by molar-refractivity contribution is 5.76.